The van der Waals surface area contributed by atoms with E-state index < -0.39 is 29.4 Å². The van der Waals surface area contributed by atoms with Crippen molar-refractivity contribution < 1.29 is 37.4 Å². The smallest absolute Gasteiger partial charge is 0.416 e. The van der Waals surface area contributed by atoms with Crippen molar-refractivity contribution in [2.75, 3.05) is 5.32 Å². The molecule has 154 valence electrons. The SMILES string of the molecule is O=C(/C=C/c1ccc(-c2cccc(C(F)(F)F)c2)o1)Nc1ccc(C(=O)O)c(O)c1. The fourth-order valence-corrected chi connectivity index (χ4v) is 2.58. The Kier molecular flexibility index (Phi) is 5.63. The summed E-state index contributed by atoms with van der Waals surface area (Å²) in [4.78, 5) is 22.8. The van der Waals surface area contributed by atoms with E-state index in [9.17, 15) is 27.9 Å². The Morgan fingerprint density at radius 3 is 2.47 bits per heavy atom. The second kappa shape index (κ2) is 8.16. The highest BCUT2D eigenvalue weighted by Crippen LogP contribution is 2.32. The molecule has 1 aromatic heterocycles. The number of carboxylic acid groups (broad SMARTS) is 1. The fraction of sp³-hybridized carbons (Fsp3) is 0.0476. The van der Waals surface area contributed by atoms with Crippen LogP contribution in [0.25, 0.3) is 17.4 Å². The predicted molar refractivity (Wildman–Crippen MR) is 102 cm³/mol. The van der Waals surface area contributed by atoms with Crippen molar-refractivity contribution in [3.05, 3.63) is 77.6 Å². The van der Waals surface area contributed by atoms with Gasteiger partial charge in [-0.25, -0.2) is 4.79 Å². The van der Waals surface area contributed by atoms with Crippen molar-refractivity contribution >= 4 is 23.6 Å². The maximum Gasteiger partial charge on any atom is 0.416 e. The number of carbonyl (C=O) groups excluding carboxylic acids is 1. The number of hydrogen-bond donors (Lipinski definition) is 3. The standard InChI is InChI=1S/C21H14F3NO5/c22-21(23,24)13-3-1-2-12(10-13)18-8-5-15(30-18)6-9-19(27)25-14-4-7-16(20(28)29)17(26)11-14/h1-11,26H,(H,25,27)(H,28,29)/b9-6+. The Morgan fingerprint density at radius 1 is 1.03 bits per heavy atom. The van der Waals surface area contributed by atoms with Crippen LogP contribution in [-0.2, 0) is 11.0 Å². The van der Waals surface area contributed by atoms with E-state index in [-0.39, 0.29) is 28.3 Å². The predicted octanol–water partition coefficient (Wildman–Crippen LogP) is 5.02. The van der Waals surface area contributed by atoms with E-state index in [1.54, 1.807) is 0 Å². The molecular formula is C21H14F3NO5. The average Bonchev–Trinajstić information content (AvgIpc) is 3.15. The van der Waals surface area contributed by atoms with Crippen LogP contribution in [0.5, 0.6) is 5.75 Å². The monoisotopic (exact) mass is 417 g/mol. The highest BCUT2D eigenvalue weighted by molar-refractivity contribution is 6.02. The van der Waals surface area contributed by atoms with Gasteiger partial charge < -0.3 is 19.9 Å². The Bertz CT molecular complexity index is 1130. The first-order chi connectivity index (χ1) is 14.1. The molecule has 1 amide bonds. The number of amides is 1. The zero-order valence-electron chi connectivity index (χ0n) is 15.1. The number of benzene rings is 2. The minimum Gasteiger partial charge on any atom is -0.507 e. The molecule has 3 rings (SSSR count). The van der Waals surface area contributed by atoms with Gasteiger partial charge in [-0.3, -0.25) is 4.79 Å². The number of alkyl halides is 3. The maximum atomic E-state index is 12.8. The van der Waals surface area contributed by atoms with Crippen LogP contribution in [0.4, 0.5) is 18.9 Å². The second-order valence-corrected chi connectivity index (χ2v) is 6.14. The van der Waals surface area contributed by atoms with Crippen LogP contribution in [0.3, 0.4) is 0 Å². The zero-order chi connectivity index (χ0) is 21.9. The number of anilines is 1. The molecule has 6 nitrogen and oxygen atoms in total. The third-order valence-corrected chi connectivity index (χ3v) is 4.00. The number of nitrogens with one attached hydrogen (secondary N) is 1. The number of halogens is 3. The molecule has 0 radical (unpaired) electrons. The number of carboxylic acids is 1. The number of rotatable bonds is 5. The lowest BCUT2D eigenvalue weighted by Crippen LogP contribution is -2.08. The van der Waals surface area contributed by atoms with Crippen LogP contribution < -0.4 is 5.32 Å². The van der Waals surface area contributed by atoms with Crippen LogP contribution in [0.2, 0.25) is 0 Å². The Balaban J connectivity index is 1.69. The average molecular weight is 417 g/mol. The van der Waals surface area contributed by atoms with Gasteiger partial charge in [0.05, 0.1) is 5.56 Å². The summed E-state index contributed by atoms with van der Waals surface area (Å²) in [5, 5.41) is 20.9. The van der Waals surface area contributed by atoms with E-state index in [4.69, 9.17) is 9.52 Å². The maximum absolute atomic E-state index is 12.8. The van der Waals surface area contributed by atoms with Crippen molar-refractivity contribution in [2.24, 2.45) is 0 Å². The summed E-state index contributed by atoms with van der Waals surface area (Å²) in [6, 6.07) is 11.2. The van der Waals surface area contributed by atoms with E-state index in [1.165, 1.54) is 36.4 Å². The van der Waals surface area contributed by atoms with Gasteiger partial charge in [0.2, 0.25) is 5.91 Å². The molecule has 0 saturated heterocycles. The molecular weight excluding hydrogens is 403 g/mol. The van der Waals surface area contributed by atoms with Gasteiger partial charge in [-0.1, -0.05) is 12.1 Å². The Morgan fingerprint density at radius 2 is 1.80 bits per heavy atom. The molecule has 0 aliphatic heterocycles. The van der Waals surface area contributed by atoms with Crippen molar-refractivity contribution in [1.29, 1.82) is 0 Å². The van der Waals surface area contributed by atoms with E-state index in [0.717, 1.165) is 30.3 Å². The molecule has 0 aliphatic carbocycles. The molecule has 3 N–H and O–H groups in total. The third kappa shape index (κ3) is 4.88. The summed E-state index contributed by atoms with van der Waals surface area (Å²) in [5.74, 6) is -1.95. The molecule has 2 aromatic carbocycles. The van der Waals surface area contributed by atoms with Gasteiger partial charge in [-0.2, -0.15) is 13.2 Å². The molecule has 0 unspecified atom stereocenters. The van der Waals surface area contributed by atoms with Crippen LogP contribution in [-0.4, -0.2) is 22.1 Å². The van der Waals surface area contributed by atoms with E-state index >= 15 is 0 Å². The van der Waals surface area contributed by atoms with Crippen molar-refractivity contribution in [3.8, 4) is 17.1 Å². The Labute approximate surface area is 167 Å². The number of aromatic hydroxyl groups is 1. The summed E-state index contributed by atoms with van der Waals surface area (Å²) >= 11 is 0. The summed E-state index contributed by atoms with van der Waals surface area (Å²) in [6.07, 6.45) is -2.03. The quantitative estimate of drug-likeness (QED) is 0.506. The lowest BCUT2D eigenvalue weighted by molar-refractivity contribution is -0.137. The highest BCUT2D eigenvalue weighted by atomic mass is 19.4. The first kappa shape index (κ1) is 20.7. The molecule has 30 heavy (non-hydrogen) atoms. The number of furan rings is 1. The molecule has 1 heterocycles. The van der Waals surface area contributed by atoms with Crippen molar-refractivity contribution in [3.63, 3.8) is 0 Å². The number of carbonyl (C=O) groups is 2. The summed E-state index contributed by atoms with van der Waals surface area (Å²) in [6.45, 7) is 0. The molecule has 0 saturated carbocycles. The van der Waals surface area contributed by atoms with E-state index in [1.807, 2.05) is 0 Å². The van der Waals surface area contributed by atoms with Gasteiger partial charge in [-0.05, 0) is 42.5 Å². The molecule has 0 atom stereocenters. The van der Waals surface area contributed by atoms with Gasteiger partial charge >= 0.3 is 12.1 Å². The number of aromatic carboxylic acids is 1. The summed E-state index contributed by atoms with van der Waals surface area (Å²) in [5.41, 5.74) is -0.689. The summed E-state index contributed by atoms with van der Waals surface area (Å²) < 4.78 is 44.0. The lowest BCUT2D eigenvalue weighted by Gasteiger charge is -2.07. The van der Waals surface area contributed by atoms with Crippen molar-refractivity contribution in [1.82, 2.24) is 0 Å². The highest BCUT2D eigenvalue weighted by Gasteiger charge is 2.30. The molecule has 9 heteroatoms. The first-order valence-electron chi connectivity index (χ1n) is 8.46. The lowest BCUT2D eigenvalue weighted by atomic mass is 10.1. The van der Waals surface area contributed by atoms with E-state index in [2.05, 4.69) is 5.32 Å². The summed E-state index contributed by atoms with van der Waals surface area (Å²) in [7, 11) is 0. The fourth-order valence-electron chi connectivity index (χ4n) is 2.58. The largest absolute Gasteiger partial charge is 0.507 e. The van der Waals surface area contributed by atoms with Crippen molar-refractivity contribution in [2.45, 2.75) is 6.18 Å². The normalized spacial score (nSPS) is 11.6. The van der Waals surface area contributed by atoms with Crippen LogP contribution in [0, 0.1) is 0 Å². The minimum absolute atomic E-state index is 0.177. The number of hydrogen-bond acceptors (Lipinski definition) is 4. The molecule has 0 fully saturated rings. The molecule has 0 spiro atoms. The van der Waals surface area contributed by atoms with Crippen LogP contribution in [0.1, 0.15) is 21.7 Å². The van der Waals surface area contributed by atoms with Gasteiger partial charge in [0.15, 0.2) is 0 Å². The van der Waals surface area contributed by atoms with Crippen LogP contribution >= 0.6 is 0 Å². The molecule has 0 bridgehead atoms. The second-order valence-electron chi connectivity index (χ2n) is 6.14. The first-order valence-corrected chi connectivity index (χ1v) is 8.46. The van der Waals surface area contributed by atoms with Gasteiger partial charge in [0, 0.05) is 23.4 Å². The van der Waals surface area contributed by atoms with Gasteiger partial charge in [0.1, 0.15) is 22.8 Å². The van der Waals surface area contributed by atoms with Gasteiger partial charge in [0.25, 0.3) is 0 Å². The Hall–Kier alpha value is -4.01. The molecule has 3 aromatic rings. The zero-order valence-corrected chi connectivity index (χ0v) is 15.1. The number of phenols is 1. The molecule has 0 aliphatic rings. The topological polar surface area (TPSA) is 99.8 Å². The minimum atomic E-state index is -4.47. The third-order valence-electron chi connectivity index (χ3n) is 4.00. The van der Waals surface area contributed by atoms with Crippen LogP contribution in [0.15, 0.2) is 65.1 Å². The van der Waals surface area contributed by atoms with E-state index in [0.29, 0.717) is 0 Å². The van der Waals surface area contributed by atoms with Gasteiger partial charge in [-0.15, -0.1) is 0 Å².